The Balaban J connectivity index is 1.76. The Labute approximate surface area is 120 Å². The Morgan fingerprint density at radius 3 is 2.68 bits per heavy atom. The number of hydrogen-bond donors (Lipinski definition) is 0. The van der Waals surface area contributed by atoms with Crippen LogP contribution in [0.25, 0.3) is 0 Å². The zero-order valence-electron chi connectivity index (χ0n) is 11.4. The number of carbonyl (C=O) groups is 1. The van der Waals surface area contributed by atoms with Crippen molar-refractivity contribution in [3.8, 4) is 0 Å². The third kappa shape index (κ3) is 4.22. The van der Waals surface area contributed by atoms with E-state index in [0.29, 0.717) is 6.54 Å². The molecule has 1 amide bonds. The predicted octanol–water partition coefficient (Wildman–Crippen LogP) is 2.44. The Morgan fingerprint density at radius 1 is 1.32 bits per heavy atom. The number of benzene rings is 1. The molecule has 0 aliphatic carbocycles. The topological polar surface area (TPSA) is 23.6 Å². The second-order valence-electron chi connectivity index (χ2n) is 5.17. The fraction of sp³-hybridized carbons (Fsp3) is 0.533. The van der Waals surface area contributed by atoms with E-state index in [1.165, 1.54) is 0 Å². The van der Waals surface area contributed by atoms with Crippen LogP contribution in [0.5, 0.6) is 0 Å². The standard InChI is InChI=1S/C15H21ClN2O/c1-17(12-15(19)18-9-4-5-10-18)11-8-13-6-2-3-7-14(13)16/h2-3,6-7H,4-5,8-12H2,1H3. The molecule has 19 heavy (non-hydrogen) atoms. The highest BCUT2D eigenvalue weighted by Gasteiger charge is 2.18. The van der Waals surface area contributed by atoms with E-state index in [4.69, 9.17) is 11.6 Å². The first-order valence-corrected chi connectivity index (χ1v) is 7.24. The van der Waals surface area contributed by atoms with Gasteiger partial charge in [0.15, 0.2) is 0 Å². The average Bonchev–Trinajstić information content (AvgIpc) is 2.91. The molecule has 0 bridgehead atoms. The summed E-state index contributed by atoms with van der Waals surface area (Å²) in [5, 5.41) is 0.807. The lowest BCUT2D eigenvalue weighted by molar-refractivity contribution is -0.131. The summed E-state index contributed by atoms with van der Waals surface area (Å²) in [6, 6.07) is 7.88. The Kier molecular flexibility index (Phi) is 5.23. The molecule has 104 valence electrons. The van der Waals surface area contributed by atoms with Crippen molar-refractivity contribution in [1.82, 2.24) is 9.80 Å². The second-order valence-corrected chi connectivity index (χ2v) is 5.57. The van der Waals surface area contributed by atoms with Crippen molar-refractivity contribution in [1.29, 1.82) is 0 Å². The van der Waals surface area contributed by atoms with Crippen LogP contribution in [0.15, 0.2) is 24.3 Å². The molecule has 1 heterocycles. The van der Waals surface area contributed by atoms with Crippen molar-refractivity contribution < 1.29 is 4.79 Å². The molecule has 2 rings (SSSR count). The van der Waals surface area contributed by atoms with E-state index in [2.05, 4.69) is 4.90 Å². The van der Waals surface area contributed by atoms with E-state index in [1.807, 2.05) is 36.2 Å². The SMILES string of the molecule is CN(CCc1ccccc1Cl)CC(=O)N1CCCC1. The first-order chi connectivity index (χ1) is 9.16. The molecule has 1 aliphatic heterocycles. The molecule has 1 aromatic carbocycles. The van der Waals surface area contributed by atoms with Gasteiger partial charge in [-0.15, -0.1) is 0 Å². The van der Waals surface area contributed by atoms with Crippen LogP contribution < -0.4 is 0 Å². The van der Waals surface area contributed by atoms with Gasteiger partial charge in [0, 0.05) is 24.7 Å². The average molecular weight is 281 g/mol. The number of carbonyl (C=O) groups excluding carboxylic acids is 1. The molecule has 0 aromatic heterocycles. The number of nitrogens with zero attached hydrogens (tertiary/aromatic N) is 2. The summed E-state index contributed by atoms with van der Waals surface area (Å²) in [4.78, 5) is 16.0. The quantitative estimate of drug-likeness (QED) is 0.827. The van der Waals surface area contributed by atoms with Gasteiger partial charge >= 0.3 is 0 Å². The van der Waals surface area contributed by atoms with Crippen molar-refractivity contribution in [3.63, 3.8) is 0 Å². The molecule has 0 atom stereocenters. The number of amides is 1. The number of hydrogen-bond acceptors (Lipinski definition) is 2. The molecule has 0 N–H and O–H groups in total. The maximum atomic E-state index is 12.0. The van der Waals surface area contributed by atoms with E-state index in [0.717, 1.165) is 49.5 Å². The molecule has 1 saturated heterocycles. The fourth-order valence-electron chi connectivity index (χ4n) is 2.39. The lowest BCUT2D eigenvalue weighted by Gasteiger charge is -2.21. The number of likely N-dealkylation sites (tertiary alicyclic amines) is 1. The first kappa shape index (κ1) is 14.4. The van der Waals surface area contributed by atoms with Gasteiger partial charge < -0.3 is 4.90 Å². The smallest absolute Gasteiger partial charge is 0.236 e. The summed E-state index contributed by atoms with van der Waals surface area (Å²) in [5.41, 5.74) is 1.14. The summed E-state index contributed by atoms with van der Waals surface area (Å²) >= 11 is 6.12. The Hall–Kier alpha value is -1.06. The zero-order valence-corrected chi connectivity index (χ0v) is 12.2. The third-order valence-electron chi connectivity index (χ3n) is 3.58. The highest BCUT2D eigenvalue weighted by molar-refractivity contribution is 6.31. The van der Waals surface area contributed by atoms with Crippen molar-refractivity contribution in [2.75, 3.05) is 33.2 Å². The van der Waals surface area contributed by atoms with Crippen molar-refractivity contribution >= 4 is 17.5 Å². The van der Waals surface area contributed by atoms with Crippen molar-refractivity contribution in [2.45, 2.75) is 19.3 Å². The van der Waals surface area contributed by atoms with Crippen molar-refractivity contribution in [2.24, 2.45) is 0 Å². The third-order valence-corrected chi connectivity index (χ3v) is 3.95. The van der Waals surface area contributed by atoms with Gasteiger partial charge in [0.1, 0.15) is 0 Å². The minimum absolute atomic E-state index is 0.249. The number of rotatable bonds is 5. The summed E-state index contributed by atoms with van der Waals surface area (Å²) in [7, 11) is 1.99. The molecule has 3 nitrogen and oxygen atoms in total. The summed E-state index contributed by atoms with van der Waals surface area (Å²) in [5.74, 6) is 0.249. The van der Waals surface area contributed by atoms with Crippen LogP contribution in [0.2, 0.25) is 5.02 Å². The van der Waals surface area contributed by atoms with Crippen molar-refractivity contribution in [3.05, 3.63) is 34.9 Å². The first-order valence-electron chi connectivity index (χ1n) is 6.86. The molecular formula is C15H21ClN2O. The lowest BCUT2D eigenvalue weighted by atomic mass is 10.1. The van der Waals surface area contributed by atoms with E-state index in [-0.39, 0.29) is 5.91 Å². The number of halogens is 1. The van der Waals surface area contributed by atoms with Gasteiger partial charge in [-0.2, -0.15) is 0 Å². The lowest BCUT2D eigenvalue weighted by Crippen LogP contribution is -2.37. The molecule has 0 spiro atoms. The van der Waals surface area contributed by atoms with Gasteiger partial charge in [-0.1, -0.05) is 29.8 Å². The molecule has 1 fully saturated rings. The molecule has 1 aromatic rings. The van der Waals surface area contributed by atoms with Gasteiger partial charge in [-0.25, -0.2) is 0 Å². The fourth-order valence-corrected chi connectivity index (χ4v) is 2.62. The largest absolute Gasteiger partial charge is 0.342 e. The summed E-state index contributed by atoms with van der Waals surface area (Å²) < 4.78 is 0. The summed E-state index contributed by atoms with van der Waals surface area (Å²) in [6.45, 7) is 3.21. The minimum Gasteiger partial charge on any atom is -0.342 e. The van der Waals surface area contributed by atoms with Crippen LogP contribution in [-0.2, 0) is 11.2 Å². The van der Waals surface area contributed by atoms with Crippen LogP contribution >= 0.6 is 11.6 Å². The molecule has 0 saturated carbocycles. The zero-order chi connectivity index (χ0) is 13.7. The normalized spacial score (nSPS) is 15.2. The molecule has 1 aliphatic rings. The van der Waals surface area contributed by atoms with Gasteiger partial charge in [-0.05, 0) is 37.9 Å². The number of likely N-dealkylation sites (N-methyl/N-ethyl adjacent to an activating group) is 1. The van der Waals surface area contributed by atoms with Gasteiger partial charge in [0.05, 0.1) is 6.54 Å². The highest BCUT2D eigenvalue weighted by atomic mass is 35.5. The van der Waals surface area contributed by atoms with E-state index in [9.17, 15) is 4.79 Å². The molecule has 0 unspecified atom stereocenters. The van der Waals surface area contributed by atoms with Gasteiger partial charge in [0.25, 0.3) is 0 Å². The Morgan fingerprint density at radius 2 is 2.00 bits per heavy atom. The van der Waals surface area contributed by atoms with Gasteiger partial charge in [0.2, 0.25) is 5.91 Å². The molecule has 0 radical (unpaired) electrons. The maximum Gasteiger partial charge on any atom is 0.236 e. The maximum absolute atomic E-state index is 12.0. The van der Waals surface area contributed by atoms with Crippen LogP contribution in [0.4, 0.5) is 0 Å². The molecule has 4 heteroatoms. The summed E-state index contributed by atoms with van der Waals surface area (Å²) in [6.07, 6.45) is 3.17. The van der Waals surface area contributed by atoms with E-state index >= 15 is 0 Å². The monoisotopic (exact) mass is 280 g/mol. The van der Waals surface area contributed by atoms with Crippen LogP contribution in [-0.4, -0.2) is 48.9 Å². The van der Waals surface area contributed by atoms with Crippen LogP contribution in [0, 0.1) is 0 Å². The van der Waals surface area contributed by atoms with Gasteiger partial charge in [-0.3, -0.25) is 9.69 Å². The molecular weight excluding hydrogens is 260 g/mol. The Bertz CT molecular complexity index is 430. The van der Waals surface area contributed by atoms with E-state index < -0.39 is 0 Å². The van der Waals surface area contributed by atoms with Crippen LogP contribution in [0.3, 0.4) is 0 Å². The minimum atomic E-state index is 0.249. The highest BCUT2D eigenvalue weighted by Crippen LogP contribution is 2.15. The van der Waals surface area contributed by atoms with Crippen LogP contribution in [0.1, 0.15) is 18.4 Å². The predicted molar refractivity (Wildman–Crippen MR) is 78.5 cm³/mol. The second kappa shape index (κ2) is 6.92. The van der Waals surface area contributed by atoms with E-state index in [1.54, 1.807) is 0 Å².